The van der Waals surface area contributed by atoms with E-state index in [1.165, 1.54) is 6.21 Å². The van der Waals surface area contributed by atoms with Crippen molar-refractivity contribution in [2.45, 2.75) is 6.54 Å². The summed E-state index contributed by atoms with van der Waals surface area (Å²) in [7, 11) is 3.71. The van der Waals surface area contributed by atoms with E-state index in [0.717, 1.165) is 5.56 Å². The zero-order valence-electron chi connectivity index (χ0n) is 15.2. The Morgan fingerprint density at radius 2 is 1.67 bits per heavy atom. The zero-order valence-corrected chi connectivity index (χ0v) is 15.2. The van der Waals surface area contributed by atoms with Crippen LogP contribution in [0.3, 0.4) is 0 Å². The van der Waals surface area contributed by atoms with Gasteiger partial charge in [-0.3, -0.25) is 0 Å². The van der Waals surface area contributed by atoms with Gasteiger partial charge in [0.15, 0.2) is 0 Å². The van der Waals surface area contributed by atoms with E-state index in [4.69, 9.17) is 0 Å². The monoisotopic (exact) mass is 363 g/mol. The Morgan fingerprint density at radius 1 is 0.963 bits per heavy atom. The molecule has 2 aromatic carbocycles. The first-order valence-electron chi connectivity index (χ1n) is 8.40. The van der Waals surface area contributed by atoms with Crippen LogP contribution >= 0.6 is 0 Å². The largest absolute Gasteiger partial charge is 0.507 e. The molecule has 0 aliphatic rings. The molecule has 8 heteroatoms. The number of nitrogens with one attached hydrogen (secondary N) is 2. The number of rotatable bonds is 7. The SMILES string of the molecule is CN(C)c1nc(NCc2ccccc2)nc(NN=Cc2ccccc2O)n1. The third-order valence-corrected chi connectivity index (χ3v) is 3.62. The molecule has 0 unspecified atom stereocenters. The first kappa shape index (κ1) is 18.1. The lowest BCUT2D eigenvalue weighted by atomic mass is 10.2. The summed E-state index contributed by atoms with van der Waals surface area (Å²) in [5, 5.41) is 17.1. The van der Waals surface area contributed by atoms with E-state index in [1.807, 2.05) is 50.5 Å². The van der Waals surface area contributed by atoms with Crippen LogP contribution in [-0.4, -0.2) is 40.4 Å². The van der Waals surface area contributed by atoms with Gasteiger partial charge in [0.05, 0.1) is 6.21 Å². The summed E-state index contributed by atoms with van der Waals surface area (Å²) >= 11 is 0. The van der Waals surface area contributed by atoms with Crippen LogP contribution in [0.5, 0.6) is 5.75 Å². The van der Waals surface area contributed by atoms with Crippen molar-refractivity contribution in [1.82, 2.24) is 15.0 Å². The van der Waals surface area contributed by atoms with Gasteiger partial charge in [0.1, 0.15) is 5.75 Å². The van der Waals surface area contributed by atoms with Gasteiger partial charge in [-0.1, -0.05) is 42.5 Å². The van der Waals surface area contributed by atoms with Crippen molar-refractivity contribution < 1.29 is 5.11 Å². The van der Waals surface area contributed by atoms with Crippen LogP contribution in [0.15, 0.2) is 59.7 Å². The van der Waals surface area contributed by atoms with Gasteiger partial charge in [0.2, 0.25) is 17.8 Å². The molecule has 3 N–H and O–H groups in total. The second-order valence-corrected chi connectivity index (χ2v) is 5.95. The normalized spacial score (nSPS) is 10.7. The summed E-state index contributed by atoms with van der Waals surface area (Å²) in [4.78, 5) is 14.8. The highest BCUT2D eigenvalue weighted by atomic mass is 16.3. The molecule has 0 saturated carbocycles. The lowest BCUT2D eigenvalue weighted by Gasteiger charge is -2.13. The third-order valence-electron chi connectivity index (χ3n) is 3.62. The molecule has 0 atom stereocenters. The van der Waals surface area contributed by atoms with E-state index in [0.29, 0.717) is 30.0 Å². The predicted molar refractivity (Wildman–Crippen MR) is 107 cm³/mol. The van der Waals surface area contributed by atoms with E-state index in [2.05, 4.69) is 30.8 Å². The standard InChI is InChI=1S/C19H21N7O/c1-26(2)19-23-17(20-12-14-8-4-3-5-9-14)22-18(24-19)25-21-13-15-10-6-7-11-16(15)27/h3-11,13,27H,12H2,1-2H3,(H2,20,22,23,24,25). The number of hydrogen-bond acceptors (Lipinski definition) is 8. The Kier molecular flexibility index (Phi) is 5.78. The number of aromatic hydroxyl groups is 1. The maximum atomic E-state index is 9.77. The Labute approximate surface area is 157 Å². The van der Waals surface area contributed by atoms with E-state index in [9.17, 15) is 5.11 Å². The van der Waals surface area contributed by atoms with Crippen LogP contribution in [-0.2, 0) is 6.54 Å². The quantitative estimate of drug-likeness (QED) is 0.438. The number of benzene rings is 2. The summed E-state index contributed by atoms with van der Waals surface area (Å²) in [5.74, 6) is 1.40. The van der Waals surface area contributed by atoms with Crippen LogP contribution in [0.25, 0.3) is 0 Å². The lowest BCUT2D eigenvalue weighted by molar-refractivity contribution is 0.474. The lowest BCUT2D eigenvalue weighted by Crippen LogP contribution is -2.16. The van der Waals surface area contributed by atoms with E-state index in [1.54, 1.807) is 23.1 Å². The van der Waals surface area contributed by atoms with Gasteiger partial charge in [0.25, 0.3) is 0 Å². The van der Waals surface area contributed by atoms with Gasteiger partial charge in [-0.15, -0.1) is 0 Å². The van der Waals surface area contributed by atoms with Crippen molar-refractivity contribution in [2.24, 2.45) is 5.10 Å². The van der Waals surface area contributed by atoms with Crippen molar-refractivity contribution >= 4 is 24.1 Å². The molecule has 138 valence electrons. The predicted octanol–water partition coefficient (Wildman–Crippen LogP) is 2.70. The maximum Gasteiger partial charge on any atom is 0.250 e. The Bertz CT molecular complexity index is 913. The van der Waals surface area contributed by atoms with Crippen LogP contribution in [0.1, 0.15) is 11.1 Å². The van der Waals surface area contributed by atoms with Crippen molar-refractivity contribution in [1.29, 1.82) is 0 Å². The van der Waals surface area contributed by atoms with E-state index < -0.39 is 0 Å². The number of aromatic nitrogens is 3. The van der Waals surface area contributed by atoms with Gasteiger partial charge in [-0.2, -0.15) is 20.1 Å². The average molecular weight is 363 g/mol. The van der Waals surface area contributed by atoms with Crippen molar-refractivity contribution in [2.75, 3.05) is 29.7 Å². The Hall–Kier alpha value is -3.68. The zero-order chi connectivity index (χ0) is 19.1. The highest BCUT2D eigenvalue weighted by Crippen LogP contribution is 2.14. The summed E-state index contributed by atoms with van der Waals surface area (Å²) in [6, 6.07) is 16.9. The highest BCUT2D eigenvalue weighted by molar-refractivity contribution is 5.83. The minimum Gasteiger partial charge on any atom is -0.507 e. The second kappa shape index (κ2) is 8.61. The molecule has 0 aliphatic heterocycles. The number of anilines is 3. The molecular weight excluding hydrogens is 342 g/mol. The molecule has 0 radical (unpaired) electrons. The minimum absolute atomic E-state index is 0.151. The fourth-order valence-corrected chi connectivity index (χ4v) is 2.23. The molecule has 0 amide bonds. The second-order valence-electron chi connectivity index (χ2n) is 5.95. The molecule has 0 fully saturated rings. The van der Waals surface area contributed by atoms with Gasteiger partial charge in [0, 0.05) is 26.2 Å². The number of nitrogens with zero attached hydrogens (tertiary/aromatic N) is 5. The Balaban J connectivity index is 1.74. The molecule has 1 heterocycles. The number of hydrazone groups is 1. The third kappa shape index (κ3) is 5.15. The number of hydrogen-bond donors (Lipinski definition) is 3. The first-order valence-corrected chi connectivity index (χ1v) is 8.40. The Morgan fingerprint density at radius 3 is 2.41 bits per heavy atom. The molecule has 27 heavy (non-hydrogen) atoms. The molecule has 0 bridgehead atoms. The van der Waals surface area contributed by atoms with Crippen LogP contribution < -0.4 is 15.6 Å². The van der Waals surface area contributed by atoms with Crippen LogP contribution in [0, 0.1) is 0 Å². The van der Waals surface area contributed by atoms with Crippen LogP contribution in [0.4, 0.5) is 17.8 Å². The average Bonchev–Trinajstić information content (AvgIpc) is 2.68. The maximum absolute atomic E-state index is 9.77. The van der Waals surface area contributed by atoms with E-state index >= 15 is 0 Å². The smallest absolute Gasteiger partial charge is 0.250 e. The summed E-state index contributed by atoms with van der Waals surface area (Å²) in [6.45, 7) is 0.596. The van der Waals surface area contributed by atoms with Gasteiger partial charge in [-0.05, 0) is 17.7 Å². The molecular formula is C19H21N7O. The van der Waals surface area contributed by atoms with E-state index in [-0.39, 0.29) is 5.75 Å². The topological polar surface area (TPSA) is 98.6 Å². The molecule has 3 aromatic rings. The van der Waals surface area contributed by atoms with Crippen LogP contribution in [0.2, 0.25) is 0 Å². The summed E-state index contributed by atoms with van der Waals surface area (Å²) in [6.07, 6.45) is 1.51. The number of phenols is 1. The van der Waals surface area contributed by atoms with Gasteiger partial charge in [-0.25, -0.2) is 5.43 Å². The van der Waals surface area contributed by atoms with Crippen molar-refractivity contribution in [3.63, 3.8) is 0 Å². The summed E-state index contributed by atoms with van der Waals surface area (Å²) in [5.41, 5.74) is 4.50. The molecule has 0 aliphatic carbocycles. The number of phenolic OH excluding ortho intramolecular Hbond substituents is 1. The molecule has 3 rings (SSSR count). The molecule has 0 spiro atoms. The number of para-hydroxylation sites is 1. The van der Waals surface area contributed by atoms with Crippen molar-refractivity contribution in [3.8, 4) is 5.75 Å². The molecule has 0 saturated heterocycles. The van der Waals surface area contributed by atoms with Gasteiger partial charge < -0.3 is 15.3 Å². The molecule has 8 nitrogen and oxygen atoms in total. The minimum atomic E-state index is 0.151. The molecule has 1 aromatic heterocycles. The fraction of sp³-hybridized carbons (Fsp3) is 0.158. The fourth-order valence-electron chi connectivity index (χ4n) is 2.23. The van der Waals surface area contributed by atoms with Gasteiger partial charge >= 0.3 is 0 Å². The first-order chi connectivity index (χ1) is 13.1. The van der Waals surface area contributed by atoms with Crippen molar-refractivity contribution in [3.05, 3.63) is 65.7 Å². The summed E-state index contributed by atoms with van der Waals surface area (Å²) < 4.78 is 0. The highest BCUT2D eigenvalue weighted by Gasteiger charge is 2.08.